The maximum absolute atomic E-state index is 14.9. The van der Waals surface area contributed by atoms with Crippen LogP contribution >= 0.6 is 0 Å². The minimum absolute atomic E-state index is 0.200. The molecule has 0 aliphatic carbocycles. The van der Waals surface area contributed by atoms with Crippen LogP contribution in [0.5, 0.6) is 5.75 Å². The van der Waals surface area contributed by atoms with Crippen molar-refractivity contribution >= 4 is 5.97 Å². The van der Waals surface area contributed by atoms with E-state index in [1.807, 2.05) is 36.4 Å². The summed E-state index contributed by atoms with van der Waals surface area (Å²) in [6, 6.07) is 18.6. The Morgan fingerprint density at radius 1 is 0.848 bits per heavy atom. The van der Waals surface area contributed by atoms with Gasteiger partial charge in [-0.1, -0.05) is 102 Å². The molecule has 0 aliphatic rings. The van der Waals surface area contributed by atoms with E-state index in [0.29, 0.717) is 16.9 Å². The predicted molar refractivity (Wildman–Crippen MR) is 134 cm³/mol. The lowest BCUT2D eigenvalue weighted by molar-refractivity contribution is -0.135. The zero-order valence-corrected chi connectivity index (χ0v) is 21.0. The van der Waals surface area contributed by atoms with Crippen LogP contribution < -0.4 is 4.74 Å². The van der Waals surface area contributed by atoms with E-state index < -0.39 is 5.92 Å². The van der Waals surface area contributed by atoms with Gasteiger partial charge in [-0.3, -0.25) is 4.79 Å². The highest BCUT2D eigenvalue weighted by atomic mass is 19.1. The second-order valence-corrected chi connectivity index (χ2v) is 10.9. The molecule has 0 aliphatic heterocycles. The Bertz CT molecular complexity index is 1110. The normalized spacial score (nSPS) is 13.0. The molecule has 3 aromatic carbocycles. The van der Waals surface area contributed by atoms with E-state index in [1.165, 1.54) is 6.07 Å². The number of hydrogen-bond acceptors (Lipinski definition) is 2. The van der Waals surface area contributed by atoms with Gasteiger partial charge < -0.3 is 4.74 Å². The Morgan fingerprint density at radius 2 is 1.39 bits per heavy atom. The van der Waals surface area contributed by atoms with Crippen molar-refractivity contribution in [2.75, 3.05) is 0 Å². The fraction of sp³-hybridized carbons (Fsp3) is 0.367. The highest BCUT2D eigenvalue weighted by molar-refractivity contribution is 5.81. The molecule has 0 saturated heterocycles. The Labute approximate surface area is 197 Å². The summed E-state index contributed by atoms with van der Waals surface area (Å²) in [5, 5.41) is 0. The summed E-state index contributed by atoms with van der Waals surface area (Å²) in [5.41, 5.74) is 4.65. The predicted octanol–water partition coefficient (Wildman–Crippen LogP) is 8.11. The molecule has 0 N–H and O–H groups in total. The third-order valence-electron chi connectivity index (χ3n) is 5.98. The summed E-state index contributed by atoms with van der Waals surface area (Å²) in [4.78, 5) is 13.3. The average Bonchev–Trinajstić information content (AvgIpc) is 2.73. The summed E-state index contributed by atoms with van der Waals surface area (Å²) >= 11 is 0. The second kappa shape index (κ2) is 9.13. The lowest BCUT2D eigenvalue weighted by Gasteiger charge is -2.30. The van der Waals surface area contributed by atoms with E-state index in [9.17, 15) is 9.18 Å². The van der Waals surface area contributed by atoms with Crippen LogP contribution in [0.25, 0.3) is 11.1 Å². The van der Waals surface area contributed by atoms with E-state index in [4.69, 9.17) is 4.74 Å². The molecule has 3 rings (SSSR count). The van der Waals surface area contributed by atoms with Crippen LogP contribution in [0.1, 0.15) is 76.6 Å². The van der Waals surface area contributed by atoms with Crippen molar-refractivity contribution in [1.29, 1.82) is 0 Å². The number of carbonyl (C=O) groups is 1. The van der Waals surface area contributed by atoms with Gasteiger partial charge >= 0.3 is 5.97 Å². The molecule has 3 heteroatoms. The number of rotatable bonds is 4. The Kier molecular flexibility index (Phi) is 6.83. The number of benzene rings is 3. The van der Waals surface area contributed by atoms with Crippen molar-refractivity contribution in [1.82, 2.24) is 0 Å². The zero-order valence-electron chi connectivity index (χ0n) is 21.0. The minimum atomic E-state index is -0.605. The number of aryl methyl sites for hydroxylation is 1. The molecule has 0 amide bonds. The van der Waals surface area contributed by atoms with E-state index >= 15 is 0 Å². The van der Waals surface area contributed by atoms with Gasteiger partial charge in [0.2, 0.25) is 0 Å². The molecule has 174 valence electrons. The zero-order chi connectivity index (χ0) is 24.6. The van der Waals surface area contributed by atoms with Crippen LogP contribution in [0.4, 0.5) is 4.39 Å². The largest absolute Gasteiger partial charge is 0.425 e. The molecule has 0 heterocycles. The standard InChI is InChI=1S/C30H35FO2/c1-19-16-24(29(3,4)5)27(25(17-19)30(6,7)8)33-28(32)20(2)22-14-15-23(26(31)18-22)21-12-10-9-11-13-21/h9-18,20H,1-8H3/t20-/m0/s1. The lowest BCUT2D eigenvalue weighted by atomic mass is 9.78. The number of ether oxygens (including phenoxy) is 1. The molecule has 3 aromatic rings. The second-order valence-electron chi connectivity index (χ2n) is 10.9. The number of hydrogen-bond donors (Lipinski definition) is 0. The van der Waals surface area contributed by atoms with Gasteiger partial charge in [-0.05, 0) is 41.9 Å². The molecular weight excluding hydrogens is 411 g/mol. The smallest absolute Gasteiger partial charge is 0.318 e. The average molecular weight is 447 g/mol. The number of carbonyl (C=O) groups excluding carboxylic acids is 1. The third-order valence-corrected chi connectivity index (χ3v) is 5.98. The van der Waals surface area contributed by atoms with Crippen molar-refractivity contribution in [3.05, 3.63) is 88.7 Å². The van der Waals surface area contributed by atoms with E-state index in [1.54, 1.807) is 13.0 Å². The fourth-order valence-corrected chi connectivity index (χ4v) is 3.97. The van der Waals surface area contributed by atoms with Gasteiger partial charge in [0.1, 0.15) is 11.6 Å². The maximum atomic E-state index is 14.9. The van der Waals surface area contributed by atoms with Crippen molar-refractivity contribution in [2.45, 2.75) is 72.1 Å². The molecule has 0 spiro atoms. The van der Waals surface area contributed by atoms with Crippen LogP contribution in [-0.2, 0) is 15.6 Å². The molecule has 0 radical (unpaired) electrons. The summed E-state index contributed by atoms with van der Waals surface area (Å²) in [6.07, 6.45) is 0. The van der Waals surface area contributed by atoms with Gasteiger partial charge in [0.05, 0.1) is 5.92 Å². The summed E-state index contributed by atoms with van der Waals surface area (Å²) in [5.74, 6) is -0.716. The molecule has 0 unspecified atom stereocenters. The van der Waals surface area contributed by atoms with E-state index in [-0.39, 0.29) is 22.6 Å². The van der Waals surface area contributed by atoms with Gasteiger partial charge in [0.15, 0.2) is 0 Å². The molecule has 2 nitrogen and oxygen atoms in total. The summed E-state index contributed by atoms with van der Waals surface area (Å²) in [7, 11) is 0. The molecule has 0 aromatic heterocycles. The van der Waals surface area contributed by atoms with Gasteiger partial charge in [-0.25, -0.2) is 4.39 Å². The van der Waals surface area contributed by atoms with Gasteiger partial charge in [0.25, 0.3) is 0 Å². The maximum Gasteiger partial charge on any atom is 0.318 e. The minimum Gasteiger partial charge on any atom is -0.425 e. The molecule has 0 bridgehead atoms. The van der Waals surface area contributed by atoms with Gasteiger partial charge in [0, 0.05) is 16.7 Å². The fourth-order valence-electron chi connectivity index (χ4n) is 3.97. The van der Waals surface area contributed by atoms with E-state index in [0.717, 1.165) is 22.3 Å². The first kappa shape index (κ1) is 24.7. The number of esters is 1. The molecule has 0 fully saturated rings. The Hall–Kier alpha value is -2.94. The summed E-state index contributed by atoms with van der Waals surface area (Å²) in [6.45, 7) is 16.5. The molecule has 1 atom stereocenters. The molecule has 33 heavy (non-hydrogen) atoms. The summed E-state index contributed by atoms with van der Waals surface area (Å²) < 4.78 is 21.0. The highest BCUT2D eigenvalue weighted by Gasteiger charge is 2.30. The Morgan fingerprint density at radius 3 is 1.88 bits per heavy atom. The first-order chi connectivity index (χ1) is 15.3. The molecule has 0 saturated carbocycles. The lowest BCUT2D eigenvalue weighted by Crippen LogP contribution is -2.24. The van der Waals surface area contributed by atoms with Gasteiger partial charge in [-0.15, -0.1) is 0 Å². The van der Waals surface area contributed by atoms with Crippen LogP contribution in [0.2, 0.25) is 0 Å². The first-order valence-corrected chi connectivity index (χ1v) is 11.5. The van der Waals surface area contributed by atoms with E-state index in [2.05, 4.69) is 60.6 Å². The van der Waals surface area contributed by atoms with Crippen molar-refractivity contribution in [3.63, 3.8) is 0 Å². The first-order valence-electron chi connectivity index (χ1n) is 11.5. The van der Waals surface area contributed by atoms with Crippen molar-refractivity contribution in [3.8, 4) is 16.9 Å². The topological polar surface area (TPSA) is 26.3 Å². The van der Waals surface area contributed by atoms with Crippen LogP contribution in [-0.4, -0.2) is 5.97 Å². The Balaban J connectivity index is 1.97. The van der Waals surface area contributed by atoms with Crippen LogP contribution in [0, 0.1) is 12.7 Å². The monoisotopic (exact) mass is 446 g/mol. The quantitative estimate of drug-likeness (QED) is 0.299. The van der Waals surface area contributed by atoms with Gasteiger partial charge in [-0.2, -0.15) is 0 Å². The third kappa shape index (κ3) is 5.52. The van der Waals surface area contributed by atoms with Crippen molar-refractivity contribution in [2.24, 2.45) is 0 Å². The SMILES string of the molecule is Cc1cc(C(C)(C)C)c(OC(=O)[C@@H](C)c2ccc(-c3ccccc3)c(F)c2)c(C(C)(C)C)c1. The van der Waals surface area contributed by atoms with Crippen LogP contribution in [0.3, 0.4) is 0 Å². The highest BCUT2D eigenvalue weighted by Crippen LogP contribution is 2.41. The number of halogens is 1. The van der Waals surface area contributed by atoms with Crippen LogP contribution in [0.15, 0.2) is 60.7 Å². The van der Waals surface area contributed by atoms with Crippen molar-refractivity contribution < 1.29 is 13.9 Å². The molecular formula is C30H35FO2.